The van der Waals surface area contributed by atoms with Gasteiger partial charge in [-0.3, -0.25) is 9.69 Å². The third-order valence-electron chi connectivity index (χ3n) is 6.82. The van der Waals surface area contributed by atoms with E-state index in [4.69, 9.17) is 16.6 Å². The summed E-state index contributed by atoms with van der Waals surface area (Å²) in [5, 5.41) is 4.20. The fourth-order valence-corrected chi connectivity index (χ4v) is 6.31. The summed E-state index contributed by atoms with van der Waals surface area (Å²) < 4.78 is 1.06. The SMILES string of the molecule is Cc1cc(Cl)cc(-c2ncnc3cc(CN4CCCCC4=O)sc23)c1CN1CCNCC1C. The molecule has 0 radical (unpaired) electrons. The monoisotopic (exact) mass is 483 g/mol. The van der Waals surface area contributed by atoms with Gasteiger partial charge >= 0.3 is 0 Å². The second-order valence-corrected chi connectivity index (χ2v) is 10.8. The van der Waals surface area contributed by atoms with Gasteiger partial charge in [-0.25, -0.2) is 9.97 Å². The van der Waals surface area contributed by atoms with Crippen LogP contribution in [0.15, 0.2) is 24.5 Å². The number of halogens is 1. The van der Waals surface area contributed by atoms with E-state index in [1.807, 2.05) is 17.0 Å². The largest absolute Gasteiger partial charge is 0.338 e. The molecule has 2 aliphatic heterocycles. The minimum atomic E-state index is 0.253. The van der Waals surface area contributed by atoms with Crippen molar-refractivity contribution in [3.63, 3.8) is 0 Å². The zero-order valence-corrected chi connectivity index (χ0v) is 20.8. The number of aromatic nitrogens is 2. The molecule has 2 aromatic heterocycles. The molecule has 0 spiro atoms. The Labute approximate surface area is 204 Å². The lowest BCUT2D eigenvalue weighted by Gasteiger charge is -2.34. The minimum absolute atomic E-state index is 0.253. The average Bonchev–Trinajstić information content (AvgIpc) is 3.21. The van der Waals surface area contributed by atoms with Crippen molar-refractivity contribution in [2.24, 2.45) is 0 Å². The third kappa shape index (κ3) is 4.78. The summed E-state index contributed by atoms with van der Waals surface area (Å²) in [5.74, 6) is 0.253. The van der Waals surface area contributed by atoms with Crippen LogP contribution in [0.4, 0.5) is 0 Å². The molecule has 0 aliphatic carbocycles. The normalized spacial score (nSPS) is 20.0. The van der Waals surface area contributed by atoms with Crippen molar-refractivity contribution in [2.45, 2.75) is 52.2 Å². The molecule has 1 aromatic carbocycles. The lowest BCUT2D eigenvalue weighted by Crippen LogP contribution is -2.49. The smallest absolute Gasteiger partial charge is 0.222 e. The summed E-state index contributed by atoms with van der Waals surface area (Å²) in [7, 11) is 0. The number of piperidine rings is 1. The van der Waals surface area contributed by atoms with Gasteiger partial charge in [0.25, 0.3) is 0 Å². The predicted octanol–water partition coefficient (Wildman–Crippen LogP) is 4.63. The van der Waals surface area contributed by atoms with Crippen molar-refractivity contribution in [1.29, 1.82) is 0 Å². The summed E-state index contributed by atoms with van der Waals surface area (Å²) in [5.41, 5.74) is 5.41. The Morgan fingerprint density at radius 1 is 1.18 bits per heavy atom. The number of fused-ring (bicyclic) bond motifs is 1. The van der Waals surface area contributed by atoms with Gasteiger partial charge < -0.3 is 10.2 Å². The Hall–Kier alpha value is -2.06. The Morgan fingerprint density at radius 3 is 2.88 bits per heavy atom. The van der Waals surface area contributed by atoms with Gasteiger partial charge in [0.15, 0.2) is 0 Å². The first-order valence-electron chi connectivity index (χ1n) is 11.7. The van der Waals surface area contributed by atoms with Gasteiger partial charge in [0.1, 0.15) is 6.33 Å². The molecule has 2 aliphatic rings. The molecule has 174 valence electrons. The van der Waals surface area contributed by atoms with Crippen molar-refractivity contribution in [3.8, 4) is 11.3 Å². The van der Waals surface area contributed by atoms with Crippen LogP contribution in [0.25, 0.3) is 21.5 Å². The van der Waals surface area contributed by atoms with Gasteiger partial charge in [0, 0.05) is 60.6 Å². The van der Waals surface area contributed by atoms with Crippen LogP contribution in [0.1, 0.15) is 42.2 Å². The Balaban J connectivity index is 1.53. The molecule has 1 N–H and O–H groups in total. The van der Waals surface area contributed by atoms with E-state index < -0.39 is 0 Å². The quantitative estimate of drug-likeness (QED) is 0.573. The first-order valence-corrected chi connectivity index (χ1v) is 12.9. The van der Waals surface area contributed by atoms with Gasteiger partial charge in [-0.2, -0.15) is 0 Å². The number of piperazine rings is 1. The molecule has 2 fully saturated rings. The fourth-order valence-electron chi connectivity index (χ4n) is 4.91. The van der Waals surface area contributed by atoms with Crippen molar-refractivity contribution < 1.29 is 4.79 Å². The van der Waals surface area contributed by atoms with E-state index >= 15 is 0 Å². The van der Waals surface area contributed by atoms with Crippen molar-refractivity contribution in [3.05, 3.63) is 45.6 Å². The summed E-state index contributed by atoms with van der Waals surface area (Å²) in [6, 6.07) is 6.68. The average molecular weight is 484 g/mol. The molecular weight excluding hydrogens is 454 g/mol. The van der Waals surface area contributed by atoms with Crippen molar-refractivity contribution in [1.82, 2.24) is 25.1 Å². The molecule has 6 nitrogen and oxygen atoms in total. The number of carbonyl (C=O) groups is 1. The summed E-state index contributed by atoms with van der Waals surface area (Å²) >= 11 is 8.23. The number of carbonyl (C=O) groups excluding carboxylic acids is 1. The molecule has 33 heavy (non-hydrogen) atoms. The standard InChI is InChI=1S/C25H30ClN5OS/c1-16-9-18(26)10-20(21(16)14-30-8-6-27-12-17(30)2)24-25-22(28-15-29-24)11-19(33-25)13-31-7-4-3-5-23(31)32/h9-11,15,17,27H,3-8,12-14H2,1-2H3. The first kappa shape index (κ1) is 22.7. The van der Waals surface area contributed by atoms with Gasteiger partial charge in [-0.05, 0) is 56.0 Å². The maximum atomic E-state index is 12.3. The molecule has 1 atom stereocenters. The summed E-state index contributed by atoms with van der Waals surface area (Å²) in [6.45, 7) is 9.80. The molecule has 5 rings (SSSR count). The number of hydrogen-bond donors (Lipinski definition) is 1. The van der Waals surface area contributed by atoms with Crippen LogP contribution in [-0.4, -0.2) is 57.9 Å². The molecule has 0 saturated carbocycles. The molecule has 2 saturated heterocycles. The fraction of sp³-hybridized carbons (Fsp3) is 0.480. The molecular formula is C25H30ClN5OS. The third-order valence-corrected chi connectivity index (χ3v) is 8.16. The van der Waals surface area contributed by atoms with Crippen molar-refractivity contribution in [2.75, 3.05) is 26.2 Å². The maximum Gasteiger partial charge on any atom is 0.222 e. The van der Waals surface area contributed by atoms with Crippen LogP contribution < -0.4 is 5.32 Å². The van der Waals surface area contributed by atoms with Gasteiger partial charge in [0.05, 0.1) is 22.5 Å². The first-order chi connectivity index (χ1) is 16.0. The molecule has 0 bridgehead atoms. The lowest BCUT2D eigenvalue weighted by molar-refractivity contribution is -0.133. The number of aryl methyl sites for hydroxylation is 1. The number of likely N-dealkylation sites (tertiary alicyclic amines) is 1. The number of nitrogens with one attached hydrogen (secondary N) is 1. The number of nitrogens with zero attached hydrogens (tertiary/aromatic N) is 4. The number of rotatable bonds is 5. The molecule has 3 aromatic rings. The highest BCUT2D eigenvalue weighted by Crippen LogP contribution is 2.37. The molecule has 4 heterocycles. The van der Waals surface area contributed by atoms with E-state index in [1.165, 1.54) is 11.1 Å². The van der Waals surface area contributed by atoms with Crippen LogP contribution in [0.2, 0.25) is 5.02 Å². The van der Waals surface area contributed by atoms with Crippen LogP contribution >= 0.6 is 22.9 Å². The van der Waals surface area contributed by atoms with E-state index in [9.17, 15) is 4.79 Å². The lowest BCUT2D eigenvalue weighted by atomic mass is 9.97. The number of benzene rings is 1. The van der Waals surface area contributed by atoms with Crippen molar-refractivity contribution >= 4 is 39.1 Å². The summed E-state index contributed by atoms with van der Waals surface area (Å²) in [6.07, 6.45) is 4.39. The second kappa shape index (κ2) is 9.66. The van der Waals surface area contributed by atoms with Crippen LogP contribution in [-0.2, 0) is 17.9 Å². The zero-order chi connectivity index (χ0) is 22.9. The highest BCUT2D eigenvalue weighted by molar-refractivity contribution is 7.19. The van der Waals surface area contributed by atoms with Crippen LogP contribution in [0.5, 0.6) is 0 Å². The highest BCUT2D eigenvalue weighted by atomic mass is 35.5. The van der Waals surface area contributed by atoms with E-state index in [-0.39, 0.29) is 5.91 Å². The Bertz CT molecular complexity index is 1180. The van der Waals surface area contributed by atoms with Crippen LogP contribution in [0, 0.1) is 6.92 Å². The number of thiophene rings is 1. The topological polar surface area (TPSA) is 61.4 Å². The predicted molar refractivity (Wildman–Crippen MR) is 135 cm³/mol. The highest BCUT2D eigenvalue weighted by Gasteiger charge is 2.23. The van der Waals surface area contributed by atoms with E-state index in [0.29, 0.717) is 19.0 Å². The molecule has 1 amide bonds. The Kier molecular flexibility index (Phi) is 6.65. The van der Waals surface area contributed by atoms with Gasteiger partial charge in [0.2, 0.25) is 5.91 Å². The number of hydrogen-bond acceptors (Lipinski definition) is 6. The van der Waals surface area contributed by atoms with E-state index in [1.54, 1.807) is 17.7 Å². The maximum absolute atomic E-state index is 12.3. The Morgan fingerprint density at radius 2 is 2.06 bits per heavy atom. The van der Waals surface area contributed by atoms with E-state index in [0.717, 1.165) is 76.9 Å². The van der Waals surface area contributed by atoms with Gasteiger partial charge in [-0.15, -0.1) is 11.3 Å². The van der Waals surface area contributed by atoms with Crippen LogP contribution in [0.3, 0.4) is 0 Å². The molecule has 1 unspecified atom stereocenters. The second-order valence-electron chi connectivity index (χ2n) is 9.19. The molecule has 8 heteroatoms. The van der Waals surface area contributed by atoms with E-state index in [2.05, 4.69) is 35.1 Å². The zero-order valence-electron chi connectivity index (χ0n) is 19.2. The minimum Gasteiger partial charge on any atom is -0.338 e. The summed E-state index contributed by atoms with van der Waals surface area (Å²) in [4.78, 5) is 27.2. The van der Waals surface area contributed by atoms with Gasteiger partial charge in [-0.1, -0.05) is 11.6 Å². The number of amides is 1.